The molecule has 144 valence electrons. The van der Waals surface area contributed by atoms with E-state index in [1.54, 1.807) is 24.3 Å². The Morgan fingerprint density at radius 1 is 1.00 bits per heavy atom. The van der Waals surface area contributed by atoms with Crippen LogP contribution >= 0.6 is 0 Å². The number of allylic oxidation sites excluding steroid dienone is 2. The summed E-state index contributed by atoms with van der Waals surface area (Å²) < 4.78 is 4.78. The highest BCUT2D eigenvalue weighted by atomic mass is 16.5. The predicted octanol–water partition coefficient (Wildman–Crippen LogP) is 2.63. The Labute approximate surface area is 154 Å². The van der Waals surface area contributed by atoms with E-state index in [1.807, 2.05) is 13.8 Å². The molecule has 0 rings (SSSR count). The van der Waals surface area contributed by atoms with E-state index in [1.165, 1.54) is 6.08 Å². The van der Waals surface area contributed by atoms with Crippen LogP contribution in [0.2, 0.25) is 0 Å². The summed E-state index contributed by atoms with van der Waals surface area (Å²) in [4.78, 5) is 48.9. The molecule has 0 aliphatic heterocycles. The zero-order chi connectivity index (χ0) is 19.9. The number of rotatable bonds is 12. The molecule has 7 nitrogen and oxygen atoms in total. The average molecular weight is 365 g/mol. The topological polar surface area (TPSA) is 101 Å². The molecule has 7 heteroatoms. The van der Waals surface area contributed by atoms with Gasteiger partial charge in [-0.05, 0) is 12.8 Å². The minimum atomic E-state index is -1.61. The maximum atomic E-state index is 12.4. The van der Waals surface area contributed by atoms with Crippen LogP contribution in [0.15, 0.2) is 37.0 Å². The second-order valence-corrected chi connectivity index (χ2v) is 5.35. The molecule has 0 heterocycles. The van der Waals surface area contributed by atoms with Crippen molar-refractivity contribution in [2.45, 2.75) is 52.0 Å². The molecule has 2 amide bonds. The minimum absolute atomic E-state index is 0.0778. The molecular formula is C19H27NO6. The summed E-state index contributed by atoms with van der Waals surface area (Å²) in [6, 6.07) is -1.61. The van der Waals surface area contributed by atoms with Gasteiger partial charge in [-0.2, -0.15) is 0 Å². The van der Waals surface area contributed by atoms with Gasteiger partial charge in [0.25, 0.3) is 0 Å². The maximum absolute atomic E-state index is 12.4. The molecule has 0 aliphatic rings. The summed E-state index contributed by atoms with van der Waals surface area (Å²) >= 11 is 0. The first-order valence-electron chi connectivity index (χ1n) is 8.53. The second kappa shape index (κ2) is 13.6. The number of esters is 1. The largest absolute Gasteiger partial charge is 0.480 e. The van der Waals surface area contributed by atoms with Crippen molar-refractivity contribution < 1.29 is 29.0 Å². The molecule has 0 aromatic heterocycles. The Morgan fingerprint density at radius 2 is 1.50 bits per heavy atom. The lowest BCUT2D eigenvalue weighted by Gasteiger charge is -2.26. The van der Waals surface area contributed by atoms with Gasteiger partial charge in [-0.25, -0.2) is 4.79 Å². The van der Waals surface area contributed by atoms with Gasteiger partial charge in [0, 0.05) is 12.8 Å². The third-order valence-electron chi connectivity index (χ3n) is 3.25. The lowest BCUT2D eigenvalue weighted by atomic mass is 10.1. The van der Waals surface area contributed by atoms with Gasteiger partial charge in [0.15, 0.2) is 0 Å². The molecule has 0 bridgehead atoms. The predicted molar refractivity (Wildman–Crippen MR) is 97.1 cm³/mol. The lowest BCUT2D eigenvalue weighted by Crippen LogP contribution is -2.49. The van der Waals surface area contributed by atoms with Crippen molar-refractivity contribution in [3.05, 3.63) is 37.0 Å². The maximum Gasteiger partial charge on any atom is 0.327 e. The van der Waals surface area contributed by atoms with Crippen LogP contribution in [0.4, 0.5) is 0 Å². The minimum Gasteiger partial charge on any atom is -0.480 e. The second-order valence-electron chi connectivity index (χ2n) is 5.35. The molecule has 1 atom stereocenters. The smallest absolute Gasteiger partial charge is 0.327 e. The van der Waals surface area contributed by atoms with E-state index >= 15 is 0 Å². The molecule has 1 N–H and O–H groups in total. The Bertz CT molecular complexity index is 536. The first-order valence-corrected chi connectivity index (χ1v) is 8.53. The molecule has 0 aromatic rings. The number of carboxylic acid groups (broad SMARTS) is 1. The van der Waals surface area contributed by atoms with Crippen molar-refractivity contribution in [2.24, 2.45) is 0 Å². The third kappa shape index (κ3) is 8.96. The molecule has 0 aliphatic carbocycles. The van der Waals surface area contributed by atoms with Gasteiger partial charge in [0.2, 0.25) is 11.8 Å². The Hall–Kier alpha value is -2.70. The van der Waals surface area contributed by atoms with Gasteiger partial charge in [-0.15, -0.1) is 0 Å². The highest BCUT2D eigenvalue weighted by molar-refractivity contribution is 6.01. The number of carboxylic acids is 1. The molecule has 0 spiro atoms. The van der Waals surface area contributed by atoms with E-state index < -0.39 is 36.2 Å². The van der Waals surface area contributed by atoms with Crippen LogP contribution in [-0.4, -0.2) is 46.4 Å². The van der Waals surface area contributed by atoms with Gasteiger partial charge in [-0.1, -0.05) is 50.8 Å². The van der Waals surface area contributed by atoms with E-state index in [4.69, 9.17) is 4.74 Å². The van der Waals surface area contributed by atoms with Crippen molar-refractivity contribution in [3.63, 3.8) is 0 Å². The van der Waals surface area contributed by atoms with Gasteiger partial charge in [-0.3, -0.25) is 19.3 Å². The summed E-state index contributed by atoms with van der Waals surface area (Å²) in [5.74, 6) is -3.61. The van der Waals surface area contributed by atoms with E-state index in [-0.39, 0.29) is 19.4 Å². The summed E-state index contributed by atoms with van der Waals surface area (Å²) in [7, 11) is 0. The van der Waals surface area contributed by atoms with Crippen molar-refractivity contribution in [1.82, 2.24) is 4.90 Å². The summed E-state index contributed by atoms with van der Waals surface area (Å²) in [6.07, 6.45) is 8.51. The zero-order valence-corrected chi connectivity index (χ0v) is 15.3. The molecule has 0 radical (unpaired) electrons. The van der Waals surface area contributed by atoms with E-state index in [0.29, 0.717) is 17.7 Å². The average Bonchev–Trinajstić information content (AvgIpc) is 2.59. The quantitative estimate of drug-likeness (QED) is 0.421. The Morgan fingerprint density at radius 3 is 1.88 bits per heavy atom. The van der Waals surface area contributed by atoms with Crippen molar-refractivity contribution in [3.8, 4) is 0 Å². The zero-order valence-electron chi connectivity index (χ0n) is 15.3. The first-order chi connectivity index (χ1) is 12.4. The Kier molecular flexibility index (Phi) is 12.2. The lowest BCUT2D eigenvalue weighted by molar-refractivity contribution is -0.161. The van der Waals surface area contributed by atoms with E-state index in [2.05, 4.69) is 6.58 Å². The monoisotopic (exact) mass is 365 g/mol. The van der Waals surface area contributed by atoms with E-state index in [9.17, 15) is 24.3 Å². The standard InChI is InChI=1S/C19H27NO6/c1-4-7-9-11-16(21)20(17(22)12-10-8-5-2)15(19(24)25)14-18(23)26-13-6-3/h6-10,15H,3-5,11-14H2,1-2H3,(H,24,25)/b9-7+,10-8+. The van der Waals surface area contributed by atoms with Crippen molar-refractivity contribution >= 4 is 23.8 Å². The summed E-state index contributed by atoms with van der Waals surface area (Å²) in [6.45, 7) is 7.08. The fourth-order valence-corrected chi connectivity index (χ4v) is 2.04. The number of nitrogens with zero attached hydrogens (tertiary/aromatic N) is 1. The van der Waals surface area contributed by atoms with Crippen LogP contribution in [0, 0.1) is 0 Å². The van der Waals surface area contributed by atoms with Gasteiger partial charge < -0.3 is 9.84 Å². The fourth-order valence-electron chi connectivity index (χ4n) is 2.04. The summed E-state index contributed by atoms with van der Waals surface area (Å²) in [5.41, 5.74) is 0. The van der Waals surface area contributed by atoms with Crippen LogP contribution in [-0.2, 0) is 23.9 Å². The number of imide groups is 1. The first kappa shape index (κ1) is 23.3. The molecular weight excluding hydrogens is 338 g/mol. The Balaban J connectivity index is 5.46. The highest BCUT2D eigenvalue weighted by Gasteiger charge is 2.35. The van der Waals surface area contributed by atoms with Crippen LogP contribution in [0.1, 0.15) is 46.0 Å². The number of hydrogen-bond acceptors (Lipinski definition) is 5. The molecule has 0 fully saturated rings. The van der Waals surface area contributed by atoms with Crippen LogP contribution in [0.3, 0.4) is 0 Å². The van der Waals surface area contributed by atoms with Gasteiger partial charge in [0.1, 0.15) is 12.6 Å². The number of carbonyl (C=O) groups is 4. The number of hydrogen-bond donors (Lipinski definition) is 1. The number of amides is 2. The highest BCUT2D eigenvalue weighted by Crippen LogP contribution is 2.12. The number of aliphatic carboxylic acids is 1. The van der Waals surface area contributed by atoms with Crippen molar-refractivity contribution in [1.29, 1.82) is 0 Å². The molecule has 26 heavy (non-hydrogen) atoms. The molecule has 1 unspecified atom stereocenters. The molecule has 0 saturated heterocycles. The fraction of sp³-hybridized carbons (Fsp3) is 0.474. The van der Waals surface area contributed by atoms with Gasteiger partial charge in [0.05, 0.1) is 6.42 Å². The van der Waals surface area contributed by atoms with E-state index in [0.717, 1.165) is 0 Å². The third-order valence-corrected chi connectivity index (χ3v) is 3.25. The normalized spacial score (nSPS) is 12.1. The van der Waals surface area contributed by atoms with Crippen LogP contribution < -0.4 is 0 Å². The van der Waals surface area contributed by atoms with Crippen LogP contribution in [0.25, 0.3) is 0 Å². The summed E-state index contributed by atoms with van der Waals surface area (Å²) in [5, 5.41) is 9.45. The van der Waals surface area contributed by atoms with Crippen molar-refractivity contribution in [2.75, 3.05) is 6.61 Å². The number of ether oxygens (including phenoxy) is 1. The molecule has 0 aromatic carbocycles. The van der Waals surface area contributed by atoms with Crippen LogP contribution in [0.5, 0.6) is 0 Å². The molecule has 0 saturated carbocycles. The number of carbonyl (C=O) groups excluding carboxylic acids is 3. The SMILES string of the molecule is C=CCOC(=O)CC(C(=O)O)N(C(=O)C/C=C/CC)C(=O)C/C=C/CC. The van der Waals surface area contributed by atoms with Gasteiger partial charge >= 0.3 is 11.9 Å².